The molecule has 0 fully saturated rings. The van der Waals surface area contributed by atoms with Crippen LogP contribution in [0.2, 0.25) is 10.0 Å². The van der Waals surface area contributed by atoms with E-state index in [4.69, 9.17) is 40.2 Å². The lowest BCUT2D eigenvalue weighted by Gasteiger charge is -2.07. The van der Waals surface area contributed by atoms with Crippen molar-refractivity contribution in [3.63, 3.8) is 0 Å². The van der Waals surface area contributed by atoms with Crippen molar-refractivity contribution < 1.29 is 9.84 Å². The fourth-order valence-corrected chi connectivity index (χ4v) is 3.32. The van der Waals surface area contributed by atoms with Gasteiger partial charge in [-0.25, -0.2) is 5.10 Å². The molecule has 0 bridgehead atoms. The lowest BCUT2D eigenvalue weighted by molar-refractivity contribution is 0.372. The number of hydrogen-bond acceptors (Lipinski definition) is 5. The van der Waals surface area contributed by atoms with Gasteiger partial charge in [-0.1, -0.05) is 23.2 Å². The van der Waals surface area contributed by atoms with E-state index >= 15 is 0 Å². The van der Waals surface area contributed by atoms with Gasteiger partial charge in [0.2, 0.25) is 4.77 Å². The fraction of sp³-hybridized carbons (Fsp3) is 0.0625. The third-order valence-corrected chi connectivity index (χ3v) is 4.83. The Balaban J connectivity index is 2.04. The molecule has 0 spiro atoms. The number of halogens is 3. The van der Waals surface area contributed by atoms with Crippen LogP contribution in [0.1, 0.15) is 5.56 Å². The largest absolute Gasteiger partial charge is 0.503 e. The molecule has 0 amide bonds. The Kier molecular flexibility index (Phi) is 5.67. The SMILES string of the molecule is COc1cc(/C=N/n2c(-c3ccc(Cl)cc3Cl)n[nH]c2=S)cc(Br)c1O. The highest BCUT2D eigenvalue weighted by atomic mass is 79.9. The highest BCUT2D eigenvalue weighted by Gasteiger charge is 2.13. The molecule has 3 rings (SSSR count). The van der Waals surface area contributed by atoms with Gasteiger partial charge >= 0.3 is 0 Å². The minimum Gasteiger partial charge on any atom is -0.503 e. The molecule has 0 aliphatic heterocycles. The average Bonchev–Trinajstić information content (AvgIpc) is 2.96. The summed E-state index contributed by atoms with van der Waals surface area (Å²) in [4.78, 5) is 0. The molecule has 26 heavy (non-hydrogen) atoms. The molecule has 0 unspecified atom stereocenters. The molecule has 1 heterocycles. The smallest absolute Gasteiger partial charge is 0.216 e. The summed E-state index contributed by atoms with van der Waals surface area (Å²) in [6.07, 6.45) is 1.56. The normalized spacial score (nSPS) is 11.2. The molecule has 3 aromatic rings. The Morgan fingerprint density at radius 3 is 2.81 bits per heavy atom. The number of phenols is 1. The van der Waals surface area contributed by atoms with Gasteiger partial charge in [-0.2, -0.15) is 14.9 Å². The van der Waals surface area contributed by atoms with Gasteiger partial charge < -0.3 is 9.84 Å². The number of phenolic OH excluding ortho intramolecular Hbond substituents is 1. The number of benzene rings is 2. The van der Waals surface area contributed by atoms with E-state index in [0.29, 0.717) is 42.0 Å². The summed E-state index contributed by atoms with van der Waals surface area (Å²) >= 11 is 20.7. The van der Waals surface area contributed by atoms with Gasteiger partial charge in [0.05, 0.1) is 22.8 Å². The molecule has 0 saturated heterocycles. The van der Waals surface area contributed by atoms with E-state index in [1.165, 1.54) is 11.8 Å². The van der Waals surface area contributed by atoms with Crippen LogP contribution >= 0.6 is 51.3 Å². The average molecular weight is 474 g/mol. The molecule has 0 radical (unpaired) electrons. The summed E-state index contributed by atoms with van der Waals surface area (Å²) in [6, 6.07) is 8.40. The third kappa shape index (κ3) is 3.78. The van der Waals surface area contributed by atoms with Gasteiger partial charge in [-0.05, 0) is 64.0 Å². The molecule has 2 aromatic carbocycles. The van der Waals surface area contributed by atoms with Crippen molar-refractivity contribution in [2.24, 2.45) is 5.10 Å². The topological polar surface area (TPSA) is 75.4 Å². The van der Waals surface area contributed by atoms with E-state index < -0.39 is 0 Å². The molecule has 0 atom stereocenters. The number of H-pyrrole nitrogens is 1. The van der Waals surface area contributed by atoms with E-state index in [-0.39, 0.29) is 5.75 Å². The Morgan fingerprint density at radius 1 is 1.35 bits per heavy atom. The molecule has 0 aliphatic carbocycles. The van der Waals surface area contributed by atoms with E-state index in [1.807, 2.05) is 0 Å². The Bertz CT molecular complexity index is 1060. The quantitative estimate of drug-likeness (QED) is 0.399. The molecule has 2 N–H and O–H groups in total. The number of methoxy groups -OCH3 is 1. The summed E-state index contributed by atoms with van der Waals surface area (Å²) in [5.74, 6) is 0.772. The molecule has 10 heteroatoms. The first-order chi connectivity index (χ1) is 12.4. The predicted octanol–water partition coefficient (Wildman–Crippen LogP) is 5.27. The standard InChI is InChI=1S/C16H11BrCl2N4O2S/c1-25-13-5-8(4-11(17)14(13)24)7-20-23-15(21-22-16(23)26)10-3-2-9(18)6-12(10)19/h2-7,24H,1H3,(H,22,26)/b20-7+. The van der Waals surface area contributed by atoms with Crippen molar-refractivity contribution in [1.29, 1.82) is 0 Å². The van der Waals surface area contributed by atoms with Crippen molar-refractivity contribution in [1.82, 2.24) is 14.9 Å². The third-order valence-electron chi connectivity index (χ3n) is 3.42. The van der Waals surface area contributed by atoms with Crippen LogP contribution in [0.5, 0.6) is 11.5 Å². The monoisotopic (exact) mass is 472 g/mol. The van der Waals surface area contributed by atoms with Crippen LogP contribution in [0.4, 0.5) is 0 Å². The zero-order chi connectivity index (χ0) is 18.8. The van der Waals surface area contributed by atoms with Gasteiger partial charge in [0.15, 0.2) is 17.3 Å². The van der Waals surface area contributed by atoms with Gasteiger partial charge in [0.1, 0.15) is 0 Å². The van der Waals surface area contributed by atoms with Crippen LogP contribution in [-0.4, -0.2) is 33.3 Å². The lowest BCUT2D eigenvalue weighted by Crippen LogP contribution is -1.96. The number of rotatable bonds is 4. The zero-order valence-electron chi connectivity index (χ0n) is 13.2. The van der Waals surface area contributed by atoms with Crippen LogP contribution in [0.25, 0.3) is 11.4 Å². The van der Waals surface area contributed by atoms with Crippen LogP contribution in [0, 0.1) is 4.77 Å². The zero-order valence-corrected chi connectivity index (χ0v) is 17.1. The second-order valence-corrected chi connectivity index (χ2v) is 7.17. The lowest BCUT2D eigenvalue weighted by atomic mass is 10.2. The summed E-state index contributed by atoms with van der Waals surface area (Å²) in [5, 5.41) is 22.1. The molecular weight excluding hydrogens is 463 g/mol. The molecule has 0 saturated carbocycles. The van der Waals surface area contributed by atoms with Gasteiger partial charge in [0.25, 0.3) is 0 Å². The van der Waals surface area contributed by atoms with E-state index in [9.17, 15) is 5.11 Å². The number of ether oxygens (including phenoxy) is 1. The number of nitrogens with zero attached hydrogens (tertiary/aromatic N) is 3. The molecule has 134 valence electrons. The van der Waals surface area contributed by atoms with E-state index in [1.54, 1.807) is 36.5 Å². The maximum atomic E-state index is 9.89. The highest BCUT2D eigenvalue weighted by Crippen LogP contribution is 2.35. The van der Waals surface area contributed by atoms with Crippen molar-refractivity contribution in [2.75, 3.05) is 7.11 Å². The van der Waals surface area contributed by atoms with Crippen molar-refractivity contribution in [2.45, 2.75) is 0 Å². The van der Waals surface area contributed by atoms with Gasteiger partial charge in [-0.3, -0.25) is 0 Å². The second-order valence-electron chi connectivity index (χ2n) is 5.09. The number of nitrogens with one attached hydrogen (secondary N) is 1. The van der Waals surface area contributed by atoms with Crippen molar-refractivity contribution in [3.8, 4) is 22.9 Å². The Hall–Kier alpha value is -1.87. The fourth-order valence-electron chi connectivity index (χ4n) is 2.19. The van der Waals surface area contributed by atoms with Crippen molar-refractivity contribution >= 4 is 57.6 Å². The predicted molar refractivity (Wildman–Crippen MR) is 108 cm³/mol. The van der Waals surface area contributed by atoms with Gasteiger partial charge in [-0.15, -0.1) is 0 Å². The summed E-state index contributed by atoms with van der Waals surface area (Å²) < 4.78 is 7.35. The molecule has 1 aromatic heterocycles. The number of aromatic nitrogens is 3. The Labute approximate surface area is 172 Å². The highest BCUT2D eigenvalue weighted by molar-refractivity contribution is 9.10. The maximum Gasteiger partial charge on any atom is 0.216 e. The summed E-state index contributed by atoms with van der Waals surface area (Å²) in [5.41, 5.74) is 1.31. The van der Waals surface area contributed by atoms with Crippen LogP contribution in [0.3, 0.4) is 0 Å². The van der Waals surface area contributed by atoms with E-state index in [0.717, 1.165) is 0 Å². The minimum atomic E-state index is 0.0122. The van der Waals surface area contributed by atoms with Crippen LogP contribution in [-0.2, 0) is 0 Å². The van der Waals surface area contributed by atoms with Crippen LogP contribution in [0.15, 0.2) is 39.9 Å². The summed E-state index contributed by atoms with van der Waals surface area (Å²) in [6.45, 7) is 0. The number of hydrogen-bond donors (Lipinski definition) is 2. The van der Waals surface area contributed by atoms with Crippen molar-refractivity contribution in [3.05, 3.63) is 55.2 Å². The first-order valence-corrected chi connectivity index (χ1v) is 9.10. The number of aromatic amines is 1. The second kappa shape index (κ2) is 7.79. The first kappa shape index (κ1) is 18.9. The summed E-state index contributed by atoms with van der Waals surface area (Å²) in [7, 11) is 1.47. The first-order valence-electron chi connectivity index (χ1n) is 7.14. The molecular formula is C16H11BrCl2N4O2S. The Morgan fingerprint density at radius 2 is 2.12 bits per heavy atom. The molecule has 0 aliphatic rings. The minimum absolute atomic E-state index is 0.0122. The van der Waals surface area contributed by atoms with Gasteiger partial charge in [0, 0.05) is 10.6 Å². The number of aromatic hydroxyl groups is 1. The maximum absolute atomic E-state index is 9.89. The molecule has 6 nitrogen and oxygen atoms in total. The van der Waals surface area contributed by atoms with E-state index in [2.05, 4.69) is 31.2 Å². The van der Waals surface area contributed by atoms with Crippen LogP contribution < -0.4 is 4.74 Å².